The molecule has 0 bridgehead atoms. The molecule has 1 amide bonds. The minimum Gasteiger partial charge on any atom is -0.369 e. The van der Waals surface area contributed by atoms with Crippen LogP contribution >= 0.6 is 0 Å². The highest BCUT2D eigenvalue weighted by Gasteiger charge is 2.48. The van der Waals surface area contributed by atoms with Crippen molar-refractivity contribution in [1.29, 1.82) is 0 Å². The summed E-state index contributed by atoms with van der Waals surface area (Å²) < 4.78 is 4.93. The quantitative estimate of drug-likeness (QED) is 0.536. The summed E-state index contributed by atoms with van der Waals surface area (Å²) in [6.07, 6.45) is 0.116. The van der Waals surface area contributed by atoms with Gasteiger partial charge >= 0.3 is 0 Å². The number of carbonyl (C=O) groups excluding carboxylic acids is 2. The van der Waals surface area contributed by atoms with Crippen molar-refractivity contribution < 1.29 is 14.3 Å². The van der Waals surface area contributed by atoms with Crippen LogP contribution in [-0.4, -0.2) is 31.4 Å². The molecule has 1 aliphatic rings. The van der Waals surface area contributed by atoms with E-state index >= 15 is 0 Å². The number of nitrogens with zero attached hydrogens (tertiary/aromatic N) is 1. The SMILES string of the molecule is CO[C@H]1C(=O)N(c2ccccc2)[C@@H]1C=O. The van der Waals surface area contributed by atoms with E-state index in [0.29, 0.717) is 0 Å². The first-order valence-corrected chi connectivity index (χ1v) is 4.66. The molecular formula is C11H11NO3. The molecule has 78 valence electrons. The number of benzene rings is 1. The Morgan fingerprint density at radius 3 is 2.53 bits per heavy atom. The van der Waals surface area contributed by atoms with E-state index in [4.69, 9.17) is 4.74 Å². The van der Waals surface area contributed by atoms with Crippen LogP contribution in [0.2, 0.25) is 0 Å². The summed E-state index contributed by atoms with van der Waals surface area (Å²) in [6.45, 7) is 0. The fourth-order valence-corrected chi connectivity index (χ4v) is 1.74. The summed E-state index contributed by atoms with van der Waals surface area (Å²) in [5.74, 6) is -0.166. The molecule has 1 aromatic rings. The van der Waals surface area contributed by atoms with Crippen LogP contribution in [0.15, 0.2) is 30.3 Å². The van der Waals surface area contributed by atoms with Crippen LogP contribution in [-0.2, 0) is 14.3 Å². The number of β-lactam (4-membered cyclic amide) rings is 1. The second kappa shape index (κ2) is 3.82. The van der Waals surface area contributed by atoms with Crippen LogP contribution in [0.1, 0.15) is 0 Å². The Hall–Kier alpha value is -1.68. The monoisotopic (exact) mass is 205 g/mol. The van der Waals surface area contributed by atoms with E-state index in [-0.39, 0.29) is 5.91 Å². The summed E-state index contributed by atoms with van der Waals surface area (Å²) in [4.78, 5) is 23.9. The third-order valence-electron chi connectivity index (χ3n) is 2.52. The van der Waals surface area contributed by atoms with Gasteiger partial charge in [0.25, 0.3) is 5.91 Å². The molecule has 1 aliphatic heterocycles. The molecule has 0 radical (unpaired) electrons. The Morgan fingerprint density at radius 2 is 2.00 bits per heavy atom. The van der Waals surface area contributed by atoms with Crippen molar-refractivity contribution in [2.45, 2.75) is 12.1 Å². The molecule has 0 N–H and O–H groups in total. The highest BCUT2D eigenvalue weighted by molar-refractivity contribution is 6.09. The molecular weight excluding hydrogens is 194 g/mol. The van der Waals surface area contributed by atoms with Crippen molar-refractivity contribution >= 4 is 17.9 Å². The summed E-state index contributed by atoms with van der Waals surface area (Å²) in [6, 6.07) is 8.60. The van der Waals surface area contributed by atoms with Crippen LogP contribution < -0.4 is 4.90 Å². The molecule has 15 heavy (non-hydrogen) atoms. The van der Waals surface area contributed by atoms with E-state index in [2.05, 4.69) is 0 Å². The van der Waals surface area contributed by atoms with Crippen molar-refractivity contribution in [3.05, 3.63) is 30.3 Å². The van der Waals surface area contributed by atoms with Gasteiger partial charge in [0.05, 0.1) is 0 Å². The number of ether oxygens (including phenoxy) is 1. The summed E-state index contributed by atoms with van der Waals surface area (Å²) >= 11 is 0. The van der Waals surface area contributed by atoms with Gasteiger partial charge in [0.2, 0.25) is 0 Å². The van der Waals surface area contributed by atoms with Gasteiger partial charge in [0.1, 0.15) is 12.3 Å². The molecule has 0 unspecified atom stereocenters. The summed E-state index contributed by atoms with van der Waals surface area (Å²) in [7, 11) is 1.43. The van der Waals surface area contributed by atoms with Crippen molar-refractivity contribution in [3.8, 4) is 0 Å². The van der Waals surface area contributed by atoms with Crippen LogP contribution in [0.5, 0.6) is 0 Å². The normalized spacial score (nSPS) is 24.9. The van der Waals surface area contributed by atoms with Gasteiger partial charge in [0.15, 0.2) is 6.10 Å². The molecule has 4 nitrogen and oxygen atoms in total. The van der Waals surface area contributed by atoms with E-state index in [9.17, 15) is 9.59 Å². The zero-order chi connectivity index (χ0) is 10.8. The predicted molar refractivity (Wildman–Crippen MR) is 54.6 cm³/mol. The van der Waals surface area contributed by atoms with Gasteiger partial charge < -0.3 is 9.53 Å². The summed E-state index contributed by atoms with van der Waals surface area (Å²) in [5.41, 5.74) is 0.730. The maximum atomic E-state index is 11.6. The topological polar surface area (TPSA) is 46.6 Å². The molecule has 0 aromatic heterocycles. The first-order valence-electron chi connectivity index (χ1n) is 4.66. The lowest BCUT2D eigenvalue weighted by atomic mass is 9.98. The average molecular weight is 205 g/mol. The average Bonchev–Trinajstić information content (AvgIpc) is 2.27. The minimum absolute atomic E-state index is 0.166. The Kier molecular flexibility index (Phi) is 2.51. The van der Waals surface area contributed by atoms with Crippen LogP contribution in [0.4, 0.5) is 5.69 Å². The number of hydrogen-bond acceptors (Lipinski definition) is 3. The third kappa shape index (κ3) is 1.43. The predicted octanol–water partition coefficient (Wildman–Crippen LogP) is 0.616. The lowest BCUT2D eigenvalue weighted by Gasteiger charge is -2.42. The molecule has 0 spiro atoms. The van der Waals surface area contributed by atoms with Crippen molar-refractivity contribution in [3.63, 3.8) is 0 Å². The van der Waals surface area contributed by atoms with Gasteiger partial charge in [-0.15, -0.1) is 0 Å². The lowest BCUT2D eigenvalue weighted by Crippen LogP contribution is -2.66. The number of para-hydroxylation sites is 1. The van der Waals surface area contributed by atoms with Gasteiger partial charge in [0, 0.05) is 12.8 Å². The number of rotatable bonds is 3. The number of carbonyl (C=O) groups is 2. The van der Waals surface area contributed by atoms with E-state index in [1.807, 2.05) is 18.2 Å². The molecule has 1 saturated heterocycles. The Labute approximate surface area is 87.4 Å². The first-order chi connectivity index (χ1) is 7.29. The van der Waals surface area contributed by atoms with Gasteiger partial charge in [-0.2, -0.15) is 0 Å². The fraction of sp³-hybridized carbons (Fsp3) is 0.273. The number of aldehydes is 1. The first kappa shape index (κ1) is 9.86. The number of methoxy groups -OCH3 is 1. The molecule has 2 atom stereocenters. The van der Waals surface area contributed by atoms with Crippen molar-refractivity contribution in [2.75, 3.05) is 12.0 Å². The zero-order valence-electron chi connectivity index (χ0n) is 8.29. The van der Waals surface area contributed by atoms with Crippen molar-refractivity contribution in [1.82, 2.24) is 0 Å². The lowest BCUT2D eigenvalue weighted by molar-refractivity contribution is -0.142. The Morgan fingerprint density at radius 1 is 1.33 bits per heavy atom. The smallest absolute Gasteiger partial charge is 0.259 e. The van der Waals surface area contributed by atoms with E-state index in [1.165, 1.54) is 12.0 Å². The van der Waals surface area contributed by atoms with Gasteiger partial charge in [-0.3, -0.25) is 9.69 Å². The molecule has 1 heterocycles. The van der Waals surface area contributed by atoms with Crippen molar-refractivity contribution in [2.24, 2.45) is 0 Å². The molecule has 1 aromatic carbocycles. The maximum Gasteiger partial charge on any atom is 0.259 e. The maximum absolute atomic E-state index is 11.6. The number of hydrogen-bond donors (Lipinski definition) is 0. The highest BCUT2D eigenvalue weighted by Crippen LogP contribution is 2.28. The third-order valence-corrected chi connectivity index (χ3v) is 2.52. The zero-order valence-corrected chi connectivity index (χ0v) is 8.29. The fourth-order valence-electron chi connectivity index (χ4n) is 1.74. The largest absolute Gasteiger partial charge is 0.369 e. The van der Waals surface area contributed by atoms with Crippen LogP contribution in [0.3, 0.4) is 0 Å². The number of amides is 1. The second-order valence-electron chi connectivity index (χ2n) is 3.33. The van der Waals surface area contributed by atoms with Crippen LogP contribution in [0, 0.1) is 0 Å². The Bertz CT molecular complexity index is 377. The molecule has 1 fully saturated rings. The second-order valence-corrected chi connectivity index (χ2v) is 3.33. The Balaban J connectivity index is 2.25. The number of anilines is 1. The minimum atomic E-state index is -0.622. The highest BCUT2D eigenvalue weighted by atomic mass is 16.5. The molecule has 0 aliphatic carbocycles. The standard InChI is InChI=1S/C11H11NO3/c1-15-10-9(7-13)12(11(10)14)8-5-3-2-4-6-8/h2-7,9-10H,1H3/t9-,10-/m1/s1. The summed E-state index contributed by atoms with van der Waals surface area (Å²) in [5, 5.41) is 0. The molecule has 2 rings (SSSR count). The van der Waals surface area contributed by atoms with Gasteiger partial charge in [-0.1, -0.05) is 18.2 Å². The molecule has 0 saturated carbocycles. The van der Waals surface area contributed by atoms with E-state index in [0.717, 1.165) is 12.0 Å². The van der Waals surface area contributed by atoms with Gasteiger partial charge in [-0.05, 0) is 12.1 Å². The van der Waals surface area contributed by atoms with E-state index in [1.54, 1.807) is 12.1 Å². The molecule has 4 heteroatoms. The van der Waals surface area contributed by atoms with E-state index < -0.39 is 12.1 Å². The van der Waals surface area contributed by atoms with Gasteiger partial charge in [-0.25, -0.2) is 0 Å². The van der Waals surface area contributed by atoms with Crippen LogP contribution in [0.25, 0.3) is 0 Å².